The number of fused-ring (bicyclic) bond motifs is 1. The van der Waals surface area contributed by atoms with Crippen molar-refractivity contribution in [1.82, 2.24) is 25.2 Å². The molecule has 3 aromatic heterocycles. The number of nitrogens with one attached hydrogen (secondary N) is 1. The van der Waals surface area contributed by atoms with Gasteiger partial charge in [0.2, 0.25) is 0 Å². The molecule has 0 radical (unpaired) electrons. The molecule has 0 spiro atoms. The van der Waals surface area contributed by atoms with E-state index in [1.54, 1.807) is 19.2 Å². The van der Waals surface area contributed by atoms with Crippen molar-refractivity contribution in [2.45, 2.75) is 39.2 Å². The molecule has 0 fully saturated rings. The summed E-state index contributed by atoms with van der Waals surface area (Å²) in [7, 11) is 0. The minimum absolute atomic E-state index is 0.229. The number of aromatic nitrogens is 4. The van der Waals surface area contributed by atoms with Crippen LogP contribution in [0.15, 0.2) is 35.0 Å². The van der Waals surface area contributed by atoms with Gasteiger partial charge in [-0.05, 0) is 44.7 Å². The average molecular weight is 351 g/mol. The van der Waals surface area contributed by atoms with Crippen molar-refractivity contribution in [2.24, 2.45) is 0 Å². The van der Waals surface area contributed by atoms with E-state index in [0.29, 0.717) is 24.5 Å². The SMILES string of the molecule is Cc1cc(C(=O)NCCn2nc(-c3ccccn3)c3c2CCCC3)no1. The second-order valence-electron chi connectivity index (χ2n) is 6.50. The van der Waals surface area contributed by atoms with Gasteiger partial charge in [0.1, 0.15) is 11.5 Å². The third-order valence-corrected chi connectivity index (χ3v) is 4.63. The molecule has 0 unspecified atom stereocenters. The molecule has 4 rings (SSSR count). The first-order valence-corrected chi connectivity index (χ1v) is 8.94. The molecule has 3 heterocycles. The van der Waals surface area contributed by atoms with Crippen LogP contribution in [0.2, 0.25) is 0 Å². The van der Waals surface area contributed by atoms with E-state index in [2.05, 4.69) is 15.5 Å². The molecule has 26 heavy (non-hydrogen) atoms. The van der Waals surface area contributed by atoms with Gasteiger partial charge < -0.3 is 9.84 Å². The Morgan fingerprint density at radius 1 is 1.31 bits per heavy atom. The number of carbonyl (C=O) groups is 1. The second kappa shape index (κ2) is 7.11. The smallest absolute Gasteiger partial charge is 0.273 e. The molecule has 0 saturated heterocycles. The van der Waals surface area contributed by atoms with Crippen molar-refractivity contribution < 1.29 is 9.32 Å². The fraction of sp³-hybridized carbons (Fsp3) is 0.368. The van der Waals surface area contributed by atoms with Gasteiger partial charge in [-0.3, -0.25) is 14.5 Å². The largest absolute Gasteiger partial charge is 0.361 e. The van der Waals surface area contributed by atoms with Crippen LogP contribution in [0.25, 0.3) is 11.4 Å². The minimum atomic E-state index is -0.229. The van der Waals surface area contributed by atoms with Gasteiger partial charge in [-0.1, -0.05) is 11.2 Å². The Labute approximate surface area is 151 Å². The Hall–Kier alpha value is -2.96. The topological polar surface area (TPSA) is 85.8 Å². The number of hydrogen-bond donors (Lipinski definition) is 1. The van der Waals surface area contributed by atoms with Gasteiger partial charge in [-0.25, -0.2) is 0 Å². The van der Waals surface area contributed by atoms with E-state index in [0.717, 1.165) is 24.2 Å². The molecule has 0 saturated carbocycles. The average Bonchev–Trinajstić information content (AvgIpc) is 3.27. The maximum absolute atomic E-state index is 12.1. The van der Waals surface area contributed by atoms with Crippen LogP contribution >= 0.6 is 0 Å². The van der Waals surface area contributed by atoms with Crippen molar-refractivity contribution in [1.29, 1.82) is 0 Å². The van der Waals surface area contributed by atoms with Crippen molar-refractivity contribution in [3.63, 3.8) is 0 Å². The van der Waals surface area contributed by atoms with Crippen LogP contribution in [0.4, 0.5) is 0 Å². The first-order chi connectivity index (χ1) is 12.7. The normalized spacial score (nSPS) is 13.4. The van der Waals surface area contributed by atoms with Gasteiger partial charge in [-0.2, -0.15) is 5.10 Å². The van der Waals surface area contributed by atoms with E-state index in [9.17, 15) is 4.79 Å². The van der Waals surface area contributed by atoms with E-state index in [1.165, 1.54) is 24.1 Å². The zero-order valence-corrected chi connectivity index (χ0v) is 14.7. The number of hydrogen-bond acceptors (Lipinski definition) is 5. The van der Waals surface area contributed by atoms with Gasteiger partial charge >= 0.3 is 0 Å². The number of aryl methyl sites for hydroxylation is 1. The standard InChI is InChI=1S/C19H21N5O2/c1-13-12-16(23-26-13)19(25)21-10-11-24-17-8-3-2-6-14(17)18(22-24)15-7-4-5-9-20-15/h4-5,7,9,12H,2-3,6,8,10-11H2,1H3,(H,21,25). The molecule has 0 aliphatic heterocycles. The number of amides is 1. The van der Waals surface area contributed by atoms with Crippen molar-refractivity contribution >= 4 is 5.91 Å². The zero-order chi connectivity index (χ0) is 17.9. The summed E-state index contributed by atoms with van der Waals surface area (Å²) in [5.74, 6) is 0.393. The molecule has 0 bridgehead atoms. The van der Waals surface area contributed by atoms with Gasteiger partial charge in [-0.15, -0.1) is 0 Å². The van der Waals surface area contributed by atoms with Crippen molar-refractivity contribution in [3.05, 3.63) is 53.2 Å². The van der Waals surface area contributed by atoms with Gasteiger partial charge in [0, 0.05) is 30.1 Å². The molecule has 1 amide bonds. The first-order valence-electron chi connectivity index (χ1n) is 8.94. The Morgan fingerprint density at radius 3 is 2.96 bits per heavy atom. The van der Waals surface area contributed by atoms with E-state index >= 15 is 0 Å². The number of rotatable bonds is 5. The fourth-order valence-corrected chi connectivity index (χ4v) is 3.40. The number of pyridine rings is 1. The lowest BCUT2D eigenvalue weighted by Crippen LogP contribution is -2.28. The third kappa shape index (κ3) is 3.24. The van der Waals surface area contributed by atoms with Crippen LogP contribution in [0.5, 0.6) is 0 Å². The zero-order valence-electron chi connectivity index (χ0n) is 14.7. The summed E-state index contributed by atoms with van der Waals surface area (Å²) < 4.78 is 6.96. The predicted molar refractivity (Wildman–Crippen MR) is 95.7 cm³/mol. The fourth-order valence-electron chi connectivity index (χ4n) is 3.40. The summed E-state index contributed by atoms with van der Waals surface area (Å²) in [5, 5.41) is 11.4. The number of nitrogens with zero attached hydrogens (tertiary/aromatic N) is 4. The van der Waals surface area contributed by atoms with E-state index in [-0.39, 0.29) is 5.91 Å². The first kappa shape index (κ1) is 16.5. The number of carbonyl (C=O) groups excluding carboxylic acids is 1. The highest BCUT2D eigenvalue weighted by molar-refractivity contribution is 5.92. The maximum atomic E-state index is 12.1. The molecule has 1 N–H and O–H groups in total. The van der Waals surface area contributed by atoms with Crippen LogP contribution in [-0.4, -0.2) is 32.4 Å². The van der Waals surface area contributed by atoms with Crippen LogP contribution in [0, 0.1) is 6.92 Å². The molecule has 1 aliphatic rings. The van der Waals surface area contributed by atoms with Crippen LogP contribution < -0.4 is 5.32 Å². The summed E-state index contributed by atoms with van der Waals surface area (Å²) in [4.78, 5) is 16.5. The van der Waals surface area contributed by atoms with Gasteiger partial charge in [0.25, 0.3) is 5.91 Å². The summed E-state index contributed by atoms with van der Waals surface area (Å²) >= 11 is 0. The van der Waals surface area contributed by atoms with E-state index < -0.39 is 0 Å². The molecule has 0 atom stereocenters. The molecule has 3 aromatic rings. The van der Waals surface area contributed by atoms with Gasteiger partial charge in [0.15, 0.2) is 5.69 Å². The Balaban J connectivity index is 1.50. The summed E-state index contributed by atoms with van der Waals surface area (Å²) in [6, 6.07) is 7.52. The molecular weight excluding hydrogens is 330 g/mol. The highest BCUT2D eigenvalue weighted by Crippen LogP contribution is 2.30. The summed E-state index contributed by atoms with van der Waals surface area (Å²) in [6.07, 6.45) is 6.20. The van der Waals surface area contributed by atoms with E-state index in [1.807, 2.05) is 22.9 Å². The molecule has 134 valence electrons. The van der Waals surface area contributed by atoms with Crippen LogP contribution in [0.3, 0.4) is 0 Å². The Morgan fingerprint density at radius 2 is 2.19 bits per heavy atom. The molecule has 7 nitrogen and oxygen atoms in total. The minimum Gasteiger partial charge on any atom is -0.361 e. The van der Waals surface area contributed by atoms with Crippen LogP contribution in [0.1, 0.15) is 40.3 Å². The molecular formula is C19H21N5O2. The van der Waals surface area contributed by atoms with Crippen molar-refractivity contribution in [2.75, 3.05) is 6.54 Å². The lowest BCUT2D eigenvalue weighted by molar-refractivity contribution is 0.0942. The molecule has 7 heteroatoms. The second-order valence-corrected chi connectivity index (χ2v) is 6.50. The molecule has 0 aromatic carbocycles. The monoisotopic (exact) mass is 351 g/mol. The highest BCUT2D eigenvalue weighted by atomic mass is 16.5. The van der Waals surface area contributed by atoms with Crippen LogP contribution in [-0.2, 0) is 19.4 Å². The molecule has 1 aliphatic carbocycles. The maximum Gasteiger partial charge on any atom is 0.273 e. The summed E-state index contributed by atoms with van der Waals surface area (Å²) in [5.41, 5.74) is 4.75. The van der Waals surface area contributed by atoms with Gasteiger partial charge in [0.05, 0.1) is 12.2 Å². The quantitative estimate of drug-likeness (QED) is 0.763. The Kier molecular flexibility index (Phi) is 4.51. The van der Waals surface area contributed by atoms with E-state index in [4.69, 9.17) is 9.62 Å². The Bertz CT molecular complexity index is 913. The lowest BCUT2D eigenvalue weighted by atomic mass is 9.95. The predicted octanol–water partition coefficient (Wildman–Crippen LogP) is 2.55. The van der Waals surface area contributed by atoms with Crippen molar-refractivity contribution in [3.8, 4) is 11.4 Å². The summed E-state index contributed by atoms with van der Waals surface area (Å²) in [6.45, 7) is 2.87. The third-order valence-electron chi connectivity index (χ3n) is 4.63. The highest BCUT2D eigenvalue weighted by Gasteiger charge is 2.22. The lowest BCUT2D eigenvalue weighted by Gasteiger charge is -2.14.